The van der Waals surface area contributed by atoms with Crippen molar-refractivity contribution < 1.29 is 18.4 Å². The number of thiazole rings is 1. The summed E-state index contributed by atoms with van der Waals surface area (Å²) < 4.78 is 27.1. The van der Waals surface area contributed by atoms with Gasteiger partial charge in [-0.2, -0.15) is 0 Å². The molecule has 104 valence electrons. The van der Waals surface area contributed by atoms with Crippen LogP contribution in [0.25, 0.3) is 0 Å². The minimum atomic E-state index is -1.13. The van der Waals surface area contributed by atoms with Crippen LogP contribution in [0.4, 0.5) is 19.6 Å². The number of rotatable bonds is 3. The predicted octanol–water partition coefficient (Wildman–Crippen LogP) is 2.46. The van der Waals surface area contributed by atoms with E-state index in [1.165, 1.54) is 12.3 Å². The lowest BCUT2D eigenvalue weighted by Crippen LogP contribution is -2.17. The van der Waals surface area contributed by atoms with Gasteiger partial charge in [-0.3, -0.25) is 14.9 Å². The van der Waals surface area contributed by atoms with E-state index in [1.54, 1.807) is 0 Å². The standard InChI is InChI=1S/C12H9F2N3O2S/c1-5(18)8-4-20-12(16-8)17-11(19)9-6(13)2-3-7(15)10(9)14/h2-4H,15H2,1H3,(H,16,17,19). The van der Waals surface area contributed by atoms with Gasteiger partial charge in [0.05, 0.1) is 5.69 Å². The first-order valence-corrected chi connectivity index (χ1v) is 6.29. The van der Waals surface area contributed by atoms with Gasteiger partial charge >= 0.3 is 0 Å². The van der Waals surface area contributed by atoms with Crippen molar-refractivity contribution in [1.82, 2.24) is 4.98 Å². The van der Waals surface area contributed by atoms with Crippen molar-refractivity contribution in [3.8, 4) is 0 Å². The lowest BCUT2D eigenvalue weighted by atomic mass is 10.1. The molecule has 0 fully saturated rings. The van der Waals surface area contributed by atoms with E-state index in [0.717, 1.165) is 23.5 Å². The van der Waals surface area contributed by atoms with Crippen LogP contribution < -0.4 is 11.1 Å². The summed E-state index contributed by atoms with van der Waals surface area (Å²) in [6, 6.07) is 1.93. The first-order chi connectivity index (χ1) is 9.40. The fraction of sp³-hybridized carbons (Fsp3) is 0.0833. The van der Waals surface area contributed by atoms with E-state index in [2.05, 4.69) is 10.3 Å². The third kappa shape index (κ3) is 2.64. The lowest BCUT2D eigenvalue weighted by molar-refractivity contribution is 0.1000. The highest BCUT2D eigenvalue weighted by Gasteiger charge is 2.20. The molecule has 1 heterocycles. The van der Waals surface area contributed by atoms with Crippen molar-refractivity contribution in [2.24, 2.45) is 0 Å². The van der Waals surface area contributed by atoms with E-state index in [1.807, 2.05) is 0 Å². The van der Waals surface area contributed by atoms with Gasteiger partial charge in [0.25, 0.3) is 5.91 Å². The molecule has 1 amide bonds. The SMILES string of the molecule is CC(=O)c1csc(NC(=O)c2c(F)ccc(N)c2F)n1. The topological polar surface area (TPSA) is 85.1 Å². The number of halogens is 2. The molecular weight excluding hydrogens is 288 g/mol. The van der Waals surface area contributed by atoms with Gasteiger partial charge in [-0.05, 0) is 12.1 Å². The maximum atomic E-state index is 13.7. The molecule has 0 aliphatic heterocycles. The summed E-state index contributed by atoms with van der Waals surface area (Å²) in [6.07, 6.45) is 0. The zero-order valence-electron chi connectivity index (χ0n) is 10.2. The predicted molar refractivity (Wildman–Crippen MR) is 70.8 cm³/mol. The molecule has 1 aromatic heterocycles. The molecule has 0 atom stereocenters. The molecule has 8 heteroatoms. The van der Waals surface area contributed by atoms with Crippen molar-refractivity contribution in [1.29, 1.82) is 0 Å². The second-order valence-corrected chi connectivity index (χ2v) is 4.73. The summed E-state index contributed by atoms with van der Waals surface area (Å²) in [5.41, 5.74) is 4.33. The van der Waals surface area contributed by atoms with Crippen LogP contribution in [-0.2, 0) is 0 Å². The Hall–Kier alpha value is -2.35. The van der Waals surface area contributed by atoms with Gasteiger partial charge < -0.3 is 5.73 Å². The number of nitrogens with one attached hydrogen (secondary N) is 1. The molecule has 0 unspecified atom stereocenters. The Balaban J connectivity index is 2.28. The highest BCUT2D eigenvalue weighted by Crippen LogP contribution is 2.21. The van der Waals surface area contributed by atoms with Crippen LogP contribution in [0.1, 0.15) is 27.8 Å². The molecule has 0 spiro atoms. The summed E-state index contributed by atoms with van der Waals surface area (Å²) in [6.45, 7) is 1.32. The molecule has 0 radical (unpaired) electrons. The Morgan fingerprint density at radius 1 is 1.35 bits per heavy atom. The number of carbonyl (C=O) groups excluding carboxylic acids is 2. The number of anilines is 2. The van der Waals surface area contributed by atoms with Crippen molar-refractivity contribution in [3.63, 3.8) is 0 Å². The van der Waals surface area contributed by atoms with E-state index < -0.39 is 23.1 Å². The van der Waals surface area contributed by atoms with Crippen molar-refractivity contribution >= 4 is 33.8 Å². The van der Waals surface area contributed by atoms with Gasteiger partial charge in [0.2, 0.25) is 0 Å². The normalized spacial score (nSPS) is 10.3. The van der Waals surface area contributed by atoms with Crippen LogP contribution in [-0.4, -0.2) is 16.7 Å². The molecule has 2 aromatic rings. The number of aromatic nitrogens is 1. The van der Waals surface area contributed by atoms with Crippen LogP contribution >= 0.6 is 11.3 Å². The largest absolute Gasteiger partial charge is 0.396 e. The zero-order chi connectivity index (χ0) is 14.9. The zero-order valence-corrected chi connectivity index (χ0v) is 11.1. The average Bonchev–Trinajstić information content (AvgIpc) is 2.83. The molecule has 0 saturated carbocycles. The second-order valence-electron chi connectivity index (χ2n) is 3.87. The summed E-state index contributed by atoms with van der Waals surface area (Å²) in [4.78, 5) is 26.7. The van der Waals surface area contributed by atoms with E-state index in [4.69, 9.17) is 5.73 Å². The minimum Gasteiger partial charge on any atom is -0.396 e. The highest BCUT2D eigenvalue weighted by atomic mass is 32.1. The minimum absolute atomic E-state index is 0.0708. The molecule has 20 heavy (non-hydrogen) atoms. The average molecular weight is 297 g/mol. The van der Waals surface area contributed by atoms with Crippen LogP contribution in [0.5, 0.6) is 0 Å². The van der Waals surface area contributed by atoms with Gasteiger partial charge in [0.1, 0.15) is 17.1 Å². The summed E-state index contributed by atoms with van der Waals surface area (Å²) in [5, 5.41) is 3.73. The molecule has 2 rings (SSSR count). The molecule has 5 nitrogen and oxygen atoms in total. The molecule has 0 saturated heterocycles. The van der Waals surface area contributed by atoms with Crippen LogP contribution in [0.2, 0.25) is 0 Å². The number of carbonyl (C=O) groups is 2. The third-order valence-electron chi connectivity index (χ3n) is 2.43. The highest BCUT2D eigenvalue weighted by molar-refractivity contribution is 7.14. The Morgan fingerprint density at radius 3 is 2.65 bits per heavy atom. The van der Waals surface area contributed by atoms with Crippen molar-refractivity contribution in [3.05, 3.63) is 40.4 Å². The molecule has 0 aliphatic rings. The first kappa shape index (κ1) is 14.1. The Kier molecular flexibility index (Phi) is 3.75. The van der Waals surface area contributed by atoms with Gasteiger partial charge in [-0.25, -0.2) is 13.8 Å². The van der Waals surface area contributed by atoms with E-state index in [0.29, 0.717) is 0 Å². The molecule has 0 aliphatic carbocycles. The monoisotopic (exact) mass is 297 g/mol. The van der Waals surface area contributed by atoms with E-state index >= 15 is 0 Å². The van der Waals surface area contributed by atoms with Crippen LogP contribution in [0.15, 0.2) is 17.5 Å². The van der Waals surface area contributed by atoms with Gasteiger partial charge in [0.15, 0.2) is 16.7 Å². The quantitative estimate of drug-likeness (QED) is 0.673. The van der Waals surface area contributed by atoms with Crippen molar-refractivity contribution in [2.45, 2.75) is 6.92 Å². The van der Waals surface area contributed by atoms with Crippen LogP contribution in [0, 0.1) is 11.6 Å². The maximum Gasteiger partial charge on any atom is 0.263 e. The second kappa shape index (κ2) is 5.33. The number of hydrogen-bond donors (Lipinski definition) is 2. The summed E-state index contributed by atoms with van der Waals surface area (Å²) in [5.74, 6) is -3.46. The summed E-state index contributed by atoms with van der Waals surface area (Å²) >= 11 is 0.977. The van der Waals surface area contributed by atoms with Crippen molar-refractivity contribution in [2.75, 3.05) is 11.1 Å². The molecule has 0 bridgehead atoms. The molecular formula is C12H9F2N3O2S. The number of Topliss-reactive ketones (excluding diaryl/α,β-unsaturated/α-hetero) is 1. The van der Waals surface area contributed by atoms with Gasteiger partial charge in [-0.15, -0.1) is 11.3 Å². The fourth-order valence-electron chi connectivity index (χ4n) is 1.43. The van der Waals surface area contributed by atoms with E-state index in [9.17, 15) is 18.4 Å². The number of benzene rings is 1. The molecule has 1 aromatic carbocycles. The summed E-state index contributed by atoms with van der Waals surface area (Å²) in [7, 11) is 0. The van der Waals surface area contributed by atoms with E-state index in [-0.39, 0.29) is 22.3 Å². The number of nitrogens with two attached hydrogens (primary N) is 1. The maximum absolute atomic E-state index is 13.7. The number of nitrogens with zero attached hydrogens (tertiary/aromatic N) is 1. The molecule has 3 N–H and O–H groups in total. The number of hydrogen-bond acceptors (Lipinski definition) is 5. The Morgan fingerprint density at radius 2 is 2.05 bits per heavy atom. The lowest BCUT2D eigenvalue weighted by Gasteiger charge is -2.06. The number of ketones is 1. The third-order valence-corrected chi connectivity index (χ3v) is 3.19. The number of amides is 1. The van der Waals surface area contributed by atoms with Gasteiger partial charge in [0, 0.05) is 12.3 Å². The fourth-order valence-corrected chi connectivity index (χ4v) is 2.17. The Bertz CT molecular complexity index is 700. The number of nitrogen functional groups attached to an aromatic ring is 1. The van der Waals surface area contributed by atoms with Crippen LogP contribution in [0.3, 0.4) is 0 Å². The first-order valence-electron chi connectivity index (χ1n) is 5.41. The van der Waals surface area contributed by atoms with Gasteiger partial charge in [-0.1, -0.05) is 0 Å². The Labute approximate surface area is 116 Å². The smallest absolute Gasteiger partial charge is 0.263 e.